The Morgan fingerprint density at radius 1 is 1.33 bits per heavy atom. The van der Waals surface area contributed by atoms with Gasteiger partial charge in [-0.3, -0.25) is 0 Å². The number of hydrogen-bond donors (Lipinski definition) is 2. The van der Waals surface area contributed by atoms with Gasteiger partial charge >= 0.3 is 0 Å². The summed E-state index contributed by atoms with van der Waals surface area (Å²) in [6.07, 6.45) is 4.55. The van der Waals surface area contributed by atoms with Crippen LogP contribution in [-0.4, -0.2) is 18.7 Å². The number of hydrogen-bond acceptors (Lipinski definition) is 3. The first-order valence-corrected chi connectivity index (χ1v) is 6.54. The van der Waals surface area contributed by atoms with Gasteiger partial charge in [0.15, 0.2) is 0 Å². The zero-order valence-corrected chi connectivity index (χ0v) is 11.1. The SMILES string of the molecule is CCCCC(O)(CNC)c1ccc2occc2c1. The van der Waals surface area contributed by atoms with Crippen molar-refractivity contribution < 1.29 is 9.52 Å². The van der Waals surface area contributed by atoms with Gasteiger partial charge in [0.25, 0.3) is 0 Å². The van der Waals surface area contributed by atoms with E-state index in [0.29, 0.717) is 6.54 Å². The van der Waals surface area contributed by atoms with Crippen molar-refractivity contribution in [3.63, 3.8) is 0 Å². The van der Waals surface area contributed by atoms with Crippen LogP contribution in [0.25, 0.3) is 11.0 Å². The Labute approximate surface area is 108 Å². The van der Waals surface area contributed by atoms with Gasteiger partial charge in [0.2, 0.25) is 0 Å². The lowest BCUT2D eigenvalue weighted by Gasteiger charge is -2.28. The van der Waals surface area contributed by atoms with Gasteiger partial charge in [0.05, 0.1) is 6.26 Å². The maximum Gasteiger partial charge on any atom is 0.133 e. The molecular weight excluding hydrogens is 226 g/mol. The zero-order chi connectivity index (χ0) is 13.0. The first-order valence-electron chi connectivity index (χ1n) is 6.54. The molecule has 0 aliphatic heterocycles. The van der Waals surface area contributed by atoms with Crippen molar-refractivity contribution in [3.05, 3.63) is 36.1 Å². The molecule has 2 aromatic rings. The van der Waals surface area contributed by atoms with E-state index in [0.717, 1.165) is 35.8 Å². The van der Waals surface area contributed by atoms with Gasteiger partial charge in [-0.15, -0.1) is 0 Å². The topological polar surface area (TPSA) is 45.4 Å². The normalized spacial score (nSPS) is 14.8. The molecule has 2 rings (SSSR count). The van der Waals surface area contributed by atoms with Crippen molar-refractivity contribution in [3.8, 4) is 0 Å². The van der Waals surface area contributed by atoms with Crippen molar-refractivity contribution in [2.24, 2.45) is 0 Å². The summed E-state index contributed by atoms with van der Waals surface area (Å²) < 4.78 is 5.33. The molecular formula is C15H21NO2. The minimum Gasteiger partial charge on any atom is -0.464 e. The lowest BCUT2D eigenvalue weighted by atomic mass is 9.88. The fourth-order valence-electron chi connectivity index (χ4n) is 2.35. The fourth-order valence-corrected chi connectivity index (χ4v) is 2.35. The molecule has 0 radical (unpaired) electrons. The first-order chi connectivity index (χ1) is 8.69. The number of benzene rings is 1. The molecule has 3 nitrogen and oxygen atoms in total. The lowest BCUT2D eigenvalue weighted by molar-refractivity contribution is 0.0275. The maximum absolute atomic E-state index is 10.8. The predicted molar refractivity (Wildman–Crippen MR) is 73.6 cm³/mol. The average molecular weight is 247 g/mol. The second-order valence-corrected chi connectivity index (χ2v) is 4.84. The Bertz CT molecular complexity index is 506. The molecule has 0 saturated carbocycles. The van der Waals surface area contributed by atoms with Gasteiger partial charge in [-0.05, 0) is 37.2 Å². The van der Waals surface area contributed by atoms with Gasteiger partial charge < -0.3 is 14.8 Å². The van der Waals surface area contributed by atoms with Crippen LogP contribution in [0.4, 0.5) is 0 Å². The quantitative estimate of drug-likeness (QED) is 0.824. The third-order valence-corrected chi connectivity index (χ3v) is 3.40. The number of aliphatic hydroxyl groups is 1. The molecule has 0 aliphatic rings. The summed E-state index contributed by atoms with van der Waals surface area (Å²) in [7, 11) is 1.87. The zero-order valence-electron chi connectivity index (χ0n) is 11.1. The van der Waals surface area contributed by atoms with Crippen molar-refractivity contribution >= 4 is 11.0 Å². The van der Waals surface area contributed by atoms with Crippen LogP contribution < -0.4 is 5.32 Å². The van der Waals surface area contributed by atoms with Gasteiger partial charge in [-0.25, -0.2) is 0 Å². The number of furan rings is 1. The summed E-state index contributed by atoms with van der Waals surface area (Å²) in [5.41, 5.74) is 1.02. The van der Waals surface area contributed by atoms with Crippen LogP contribution >= 0.6 is 0 Å². The van der Waals surface area contributed by atoms with Gasteiger partial charge in [0, 0.05) is 11.9 Å². The van der Waals surface area contributed by atoms with E-state index in [2.05, 4.69) is 12.2 Å². The molecule has 0 amide bonds. The summed E-state index contributed by atoms with van der Waals surface area (Å²) in [5.74, 6) is 0. The number of likely N-dealkylation sites (N-methyl/N-ethyl adjacent to an activating group) is 1. The Kier molecular flexibility index (Phi) is 4.04. The molecule has 1 aromatic heterocycles. The Hall–Kier alpha value is -1.32. The molecule has 3 heteroatoms. The average Bonchev–Trinajstić information content (AvgIpc) is 2.84. The summed E-state index contributed by atoms with van der Waals surface area (Å²) in [5, 5.41) is 14.9. The summed E-state index contributed by atoms with van der Waals surface area (Å²) in [4.78, 5) is 0. The van der Waals surface area contributed by atoms with E-state index in [4.69, 9.17) is 4.42 Å². The third kappa shape index (κ3) is 2.57. The molecule has 1 heterocycles. The number of rotatable bonds is 6. The van der Waals surface area contributed by atoms with Crippen LogP contribution in [0, 0.1) is 0 Å². The predicted octanol–water partition coefficient (Wildman–Crippen LogP) is 3.03. The Morgan fingerprint density at radius 2 is 2.17 bits per heavy atom. The van der Waals surface area contributed by atoms with Gasteiger partial charge in [-0.2, -0.15) is 0 Å². The molecule has 1 unspecified atom stereocenters. The molecule has 98 valence electrons. The first kappa shape index (κ1) is 13.1. The Balaban J connectivity index is 2.33. The largest absolute Gasteiger partial charge is 0.464 e. The van der Waals surface area contributed by atoms with Crippen LogP contribution in [0.15, 0.2) is 34.9 Å². The van der Waals surface area contributed by atoms with E-state index >= 15 is 0 Å². The highest BCUT2D eigenvalue weighted by Crippen LogP contribution is 2.29. The van der Waals surface area contributed by atoms with Crippen molar-refractivity contribution in [2.75, 3.05) is 13.6 Å². The molecule has 1 aromatic carbocycles. The van der Waals surface area contributed by atoms with Crippen molar-refractivity contribution in [1.29, 1.82) is 0 Å². The molecule has 0 aliphatic carbocycles. The highest BCUT2D eigenvalue weighted by atomic mass is 16.3. The van der Waals surface area contributed by atoms with Crippen molar-refractivity contribution in [1.82, 2.24) is 5.32 Å². The van der Waals surface area contributed by atoms with Crippen LogP contribution in [0.5, 0.6) is 0 Å². The van der Waals surface area contributed by atoms with Gasteiger partial charge in [0.1, 0.15) is 11.2 Å². The van der Waals surface area contributed by atoms with E-state index in [9.17, 15) is 5.11 Å². The second kappa shape index (κ2) is 5.55. The number of nitrogens with one attached hydrogen (secondary N) is 1. The summed E-state index contributed by atoms with van der Waals surface area (Å²) in [6.45, 7) is 2.70. The molecule has 0 fully saturated rings. The fraction of sp³-hybridized carbons (Fsp3) is 0.467. The minimum absolute atomic E-state index is 0.566. The molecule has 0 spiro atoms. The van der Waals surface area contributed by atoms with E-state index < -0.39 is 5.60 Å². The van der Waals surface area contributed by atoms with Crippen LogP contribution in [-0.2, 0) is 5.60 Å². The van der Waals surface area contributed by atoms with Crippen LogP contribution in [0.2, 0.25) is 0 Å². The number of fused-ring (bicyclic) bond motifs is 1. The van der Waals surface area contributed by atoms with E-state index in [1.54, 1.807) is 6.26 Å². The third-order valence-electron chi connectivity index (χ3n) is 3.40. The second-order valence-electron chi connectivity index (χ2n) is 4.84. The Morgan fingerprint density at radius 3 is 2.89 bits per heavy atom. The smallest absolute Gasteiger partial charge is 0.133 e. The van der Waals surface area contributed by atoms with E-state index in [1.807, 2.05) is 31.3 Å². The monoisotopic (exact) mass is 247 g/mol. The highest BCUT2D eigenvalue weighted by molar-refractivity contribution is 5.78. The minimum atomic E-state index is -0.795. The molecule has 0 saturated heterocycles. The standard InChI is InChI=1S/C15H21NO2/c1-3-4-8-15(17,11-16-2)13-5-6-14-12(10-13)7-9-18-14/h5-7,9-10,16-17H,3-4,8,11H2,1-2H3. The van der Waals surface area contributed by atoms with E-state index in [-0.39, 0.29) is 0 Å². The number of unbranched alkanes of at least 4 members (excludes halogenated alkanes) is 1. The molecule has 0 bridgehead atoms. The molecule has 1 atom stereocenters. The molecule has 18 heavy (non-hydrogen) atoms. The molecule has 2 N–H and O–H groups in total. The summed E-state index contributed by atoms with van der Waals surface area (Å²) >= 11 is 0. The lowest BCUT2D eigenvalue weighted by Crippen LogP contribution is -2.36. The van der Waals surface area contributed by atoms with Gasteiger partial charge in [-0.1, -0.05) is 25.8 Å². The van der Waals surface area contributed by atoms with Crippen molar-refractivity contribution in [2.45, 2.75) is 31.8 Å². The summed E-state index contributed by atoms with van der Waals surface area (Å²) in [6, 6.07) is 7.83. The van der Waals surface area contributed by atoms with E-state index in [1.165, 1.54) is 0 Å². The highest BCUT2D eigenvalue weighted by Gasteiger charge is 2.28. The van der Waals surface area contributed by atoms with Crippen LogP contribution in [0.3, 0.4) is 0 Å². The maximum atomic E-state index is 10.8. The van der Waals surface area contributed by atoms with Crippen LogP contribution in [0.1, 0.15) is 31.7 Å².